The summed E-state index contributed by atoms with van der Waals surface area (Å²) in [5, 5.41) is 3.87. The third-order valence-electron chi connectivity index (χ3n) is 5.44. The molecule has 0 fully saturated rings. The molecule has 0 saturated carbocycles. The average Bonchev–Trinajstić information content (AvgIpc) is 3.26. The molecule has 4 aromatic rings. The van der Waals surface area contributed by atoms with Gasteiger partial charge in [-0.1, -0.05) is 12.1 Å². The summed E-state index contributed by atoms with van der Waals surface area (Å²) >= 11 is 0. The van der Waals surface area contributed by atoms with E-state index in [4.69, 9.17) is 13.9 Å². The van der Waals surface area contributed by atoms with Gasteiger partial charge in [0.1, 0.15) is 17.1 Å². The smallest absolute Gasteiger partial charge is 0.244 e. The summed E-state index contributed by atoms with van der Waals surface area (Å²) in [6, 6.07) is 15.6. The van der Waals surface area contributed by atoms with E-state index in [-0.39, 0.29) is 5.91 Å². The molecule has 1 N–H and O–H groups in total. The van der Waals surface area contributed by atoms with Crippen LogP contribution in [0.1, 0.15) is 31.9 Å². The van der Waals surface area contributed by atoms with Crippen molar-refractivity contribution in [2.75, 3.05) is 13.2 Å². The molecule has 0 unspecified atom stereocenters. The van der Waals surface area contributed by atoms with Crippen molar-refractivity contribution in [1.29, 1.82) is 0 Å². The molecule has 0 aliphatic carbocycles. The van der Waals surface area contributed by atoms with E-state index in [9.17, 15) is 4.79 Å². The lowest BCUT2D eigenvalue weighted by Crippen LogP contribution is -2.20. The highest BCUT2D eigenvalue weighted by molar-refractivity contribution is 6.00. The Kier molecular flexibility index (Phi) is 7.28. The number of carbonyl (C=O) groups excluding carboxylic acids is 1. The van der Waals surface area contributed by atoms with Crippen molar-refractivity contribution < 1.29 is 18.7 Å². The van der Waals surface area contributed by atoms with Crippen molar-refractivity contribution in [2.45, 2.75) is 27.3 Å². The van der Waals surface area contributed by atoms with Gasteiger partial charge in [0, 0.05) is 47.6 Å². The number of furan rings is 1. The molecule has 6 nitrogen and oxygen atoms in total. The Hall–Kier alpha value is -4.06. The Morgan fingerprint density at radius 2 is 1.76 bits per heavy atom. The molecule has 2 heterocycles. The molecule has 1 amide bonds. The highest BCUT2D eigenvalue weighted by Gasteiger charge is 2.15. The summed E-state index contributed by atoms with van der Waals surface area (Å²) in [4.78, 5) is 16.6. The molecule has 0 saturated heterocycles. The first kappa shape index (κ1) is 23.1. The normalized spacial score (nSPS) is 11.4. The van der Waals surface area contributed by atoms with Crippen LogP contribution in [-0.2, 0) is 11.3 Å². The van der Waals surface area contributed by atoms with Gasteiger partial charge in [-0.05, 0) is 67.8 Å². The van der Waals surface area contributed by atoms with Crippen molar-refractivity contribution in [1.82, 2.24) is 10.3 Å². The quantitative estimate of drug-likeness (QED) is 0.312. The number of allylic oxidation sites excluding steroid dienone is 1. The van der Waals surface area contributed by atoms with E-state index in [2.05, 4.69) is 10.3 Å². The Balaban J connectivity index is 1.64. The number of hydrogen-bond donors (Lipinski definition) is 1. The summed E-state index contributed by atoms with van der Waals surface area (Å²) in [6.45, 7) is 7.37. The van der Waals surface area contributed by atoms with Gasteiger partial charge in [0.25, 0.3) is 0 Å². The van der Waals surface area contributed by atoms with Crippen molar-refractivity contribution in [2.24, 2.45) is 0 Å². The number of pyridine rings is 1. The fraction of sp³-hybridized carbons (Fsp3) is 0.214. The number of aromatic nitrogens is 1. The minimum atomic E-state index is -0.171. The molecule has 34 heavy (non-hydrogen) atoms. The maximum absolute atomic E-state index is 12.6. The molecule has 0 aliphatic heterocycles. The topological polar surface area (TPSA) is 73.6 Å². The predicted molar refractivity (Wildman–Crippen MR) is 134 cm³/mol. The molecule has 174 valence electrons. The van der Waals surface area contributed by atoms with Crippen LogP contribution < -0.4 is 14.8 Å². The first-order chi connectivity index (χ1) is 16.6. The fourth-order valence-electron chi connectivity index (χ4n) is 3.77. The first-order valence-electron chi connectivity index (χ1n) is 11.4. The van der Waals surface area contributed by atoms with E-state index in [1.54, 1.807) is 24.7 Å². The Morgan fingerprint density at radius 1 is 1.03 bits per heavy atom. The van der Waals surface area contributed by atoms with Crippen LogP contribution in [0.4, 0.5) is 0 Å². The van der Waals surface area contributed by atoms with Gasteiger partial charge in [-0.3, -0.25) is 9.78 Å². The SMILES string of the molecule is CCOc1ccc(-c2coc3cc(OCC)c(/C(C)=C/C(=O)NCc4ccncc4)cc23)cc1. The Bertz CT molecular complexity index is 1290. The molecule has 0 atom stereocenters. The summed E-state index contributed by atoms with van der Waals surface area (Å²) in [6.07, 6.45) is 6.76. The molecule has 0 aliphatic rings. The van der Waals surface area contributed by atoms with Gasteiger partial charge in [-0.15, -0.1) is 0 Å². The molecule has 6 heteroatoms. The maximum Gasteiger partial charge on any atom is 0.244 e. The molecule has 2 aromatic carbocycles. The van der Waals surface area contributed by atoms with Crippen LogP contribution in [0, 0.1) is 0 Å². The molecule has 2 aromatic heterocycles. The number of hydrogen-bond acceptors (Lipinski definition) is 5. The number of nitrogens with zero attached hydrogens (tertiary/aromatic N) is 1. The number of benzene rings is 2. The van der Waals surface area contributed by atoms with E-state index < -0.39 is 0 Å². The van der Waals surface area contributed by atoms with E-state index in [1.807, 2.05) is 69.3 Å². The van der Waals surface area contributed by atoms with E-state index in [0.717, 1.165) is 44.5 Å². The van der Waals surface area contributed by atoms with Crippen LogP contribution in [0.2, 0.25) is 0 Å². The Labute approximate surface area is 199 Å². The van der Waals surface area contributed by atoms with Crippen LogP contribution in [0.25, 0.3) is 27.7 Å². The third kappa shape index (κ3) is 5.29. The molecule has 0 spiro atoms. The zero-order chi connectivity index (χ0) is 23.9. The van der Waals surface area contributed by atoms with Gasteiger partial charge >= 0.3 is 0 Å². The van der Waals surface area contributed by atoms with Crippen molar-refractivity contribution in [3.05, 3.63) is 84.4 Å². The van der Waals surface area contributed by atoms with Crippen LogP contribution in [0.5, 0.6) is 11.5 Å². The molecule has 0 radical (unpaired) electrons. The lowest BCUT2D eigenvalue weighted by Gasteiger charge is -2.12. The number of ether oxygens (including phenoxy) is 2. The standard InChI is InChI=1S/C28H28N2O4/c1-4-32-22-8-6-21(7-9-22)25-18-34-27-16-26(33-5-2)23(15-24(25)27)19(3)14-28(31)30-17-20-10-12-29-13-11-20/h6-16,18H,4-5,17H2,1-3H3,(H,30,31)/b19-14+. The molecule has 0 bridgehead atoms. The summed E-state index contributed by atoms with van der Waals surface area (Å²) in [7, 11) is 0. The minimum absolute atomic E-state index is 0.171. The second-order valence-corrected chi connectivity index (χ2v) is 7.78. The number of amides is 1. The second-order valence-electron chi connectivity index (χ2n) is 7.78. The van der Waals surface area contributed by atoms with Gasteiger partial charge < -0.3 is 19.2 Å². The monoisotopic (exact) mass is 456 g/mol. The highest BCUT2D eigenvalue weighted by Crippen LogP contribution is 2.38. The average molecular weight is 457 g/mol. The van der Waals surface area contributed by atoms with E-state index in [1.165, 1.54) is 0 Å². The largest absolute Gasteiger partial charge is 0.494 e. The zero-order valence-electron chi connectivity index (χ0n) is 19.6. The summed E-state index contributed by atoms with van der Waals surface area (Å²) in [5.74, 6) is 1.34. The summed E-state index contributed by atoms with van der Waals surface area (Å²) in [5.41, 5.74) is 5.36. The maximum atomic E-state index is 12.6. The number of nitrogens with one attached hydrogen (secondary N) is 1. The fourth-order valence-corrected chi connectivity index (χ4v) is 3.77. The van der Waals surface area contributed by atoms with Gasteiger partial charge in [-0.2, -0.15) is 0 Å². The lowest BCUT2D eigenvalue weighted by atomic mass is 9.99. The summed E-state index contributed by atoms with van der Waals surface area (Å²) < 4.78 is 17.3. The van der Waals surface area contributed by atoms with Crippen molar-refractivity contribution in [3.63, 3.8) is 0 Å². The Morgan fingerprint density at radius 3 is 2.47 bits per heavy atom. The van der Waals surface area contributed by atoms with E-state index >= 15 is 0 Å². The van der Waals surface area contributed by atoms with Gasteiger partial charge in [-0.25, -0.2) is 0 Å². The number of rotatable bonds is 9. The zero-order valence-corrected chi connectivity index (χ0v) is 19.6. The molecular formula is C28H28N2O4. The molecule has 4 rings (SSSR count). The van der Waals surface area contributed by atoms with Crippen LogP contribution in [-0.4, -0.2) is 24.1 Å². The van der Waals surface area contributed by atoms with Crippen LogP contribution in [0.3, 0.4) is 0 Å². The van der Waals surface area contributed by atoms with Gasteiger partial charge in [0.15, 0.2) is 0 Å². The van der Waals surface area contributed by atoms with Gasteiger partial charge in [0.05, 0.1) is 19.5 Å². The van der Waals surface area contributed by atoms with Gasteiger partial charge in [0.2, 0.25) is 5.91 Å². The first-order valence-corrected chi connectivity index (χ1v) is 11.4. The molecular weight excluding hydrogens is 428 g/mol. The van der Waals surface area contributed by atoms with Crippen molar-refractivity contribution >= 4 is 22.4 Å². The number of carbonyl (C=O) groups is 1. The van der Waals surface area contributed by atoms with Crippen LogP contribution in [0.15, 0.2) is 77.7 Å². The third-order valence-corrected chi connectivity index (χ3v) is 5.44. The number of fused-ring (bicyclic) bond motifs is 1. The minimum Gasteiger partial charge on any atom is -0.494 e. The second kappa shape index (κ2) is 10.7. The van der Waals surface area contributed by atoms with Crippen molar-refractivity contribution in [3.8, 4) is 22.6 Å². The van der Waals surface area contributed by atoms with E-state index in [0.29, 0.717) is 25.5 Å². The lowest BCUT2D eigenvalue weighted by molar-refractivity contribution is -0.116. The van der Waals surface area contributed by atoms with Crippen LogP contribution >= 0.6 is 0 Å². The highest BCUT2D eigenvalue weighted by atomic mass is 16.5. The predicted octanol–water partition coefficient (Wildman–Crippen LogP) is 6.01.